The van der Waals surface area contributed by atoms with E-state index in [1.807, 2.05) is 23.1 Å². The zero-order valence-electron chi connectivity index (χ0n) is 18.4. The van der Waals surface area contributed by atoms with Crippen LogP contribution in [-0.4, -0.2) is 25.5 Å². The number of amides is 1. The summed E-state index contributed by atoms with van der Waals surface area (Å²) in [5.74, 6) is -0.105. The Morgan fingerprint density at radius 3 is 2.41 bits per heavy atom. The van der Waals surface area contributed by atoms with Crippen LogP contribution >= 0.6 is 0 Å². The maximum Gasteiger partial charge on any atom is 0.253 e. The van der Waals surface area contributed by atoms with Crippen LogP contribution in [0.25, 0.3) is 0 Å². The first-order valence-electron chi connectivity index (χ1n) is 11.3. The second kappa shape index (κ2) is 9.81. The molecule has 1 aliphatic heterocycles. The average molecular weight is 432 g/mol. The van der Waals surface area contributed by atoms with E-state index in [9.17, 15) is 14.4 Å². The second-order valence-corrected chi connectivity index (χ2v) is 8.47. The molecule has 1 heterocycles. The van der Waals surface area contributed by atoms with Gasteiger partial charge in [-0.25, -0.2) is 0 Å². The number of benzene rings is 2. The molecule has 4 rings (SSSR count). The Bertz CT molecular complexity index is 1150. The summed E-state index contributed by atoms with van der Waals surface area (Å²) in [6, 6.07) is 15.6. The van der Waals surface area contributed by atoms with Gasteiger partial charge in [-0.1, -0.05) is 42.0 Å². The fourth-order valence-electron chi connectivity index (χ4n) is 4.22. The van der Waals surface area contributed by atoms with Crippen molar-refractivity contribution in [2.45, 2.75) is 39.2 Å². The molecule has 0 radical (unpaired) electrons. The molecule has 1 fully saturated rings. The molecule has 3 aromatic carbocycles. The topological polar surface area (TPSA) is 78.5 Å². The molecule has 0 bridgehead atoms. The van der Waals surface area contributed by atoms with Gasteiger partial charge in [-0.05, 0) is 55.9 Å². The van der Waals surface area contributed by atoms with Crippen molar-refractivity contribution in [2.75, 3.05) is 29.9 Å². The van der Waals surface area contributed by atoms with E-state index in [1.54, 1.807) is 12.1 Å². The maximum absolute atomic E-state index is 12.4. The van der Waals surface area contributed by atoms with Crippen LogP contribution in [-0.2, 0) is 13.0 Å². The largest absolute Gasteiger partial charge is 0.376 e. The van der Waals surface area contributed by atoms with E-state index in [-0.39, 0.29) is 11.3 Å². The van der Waals surface area contributed by atoms with Crippen LogP contribution < -0.4 is 26.4 Å². The molecule has 6 nitrogen and oxygen atoms in total. The van der Waals surface area contributed by atoms with Crippen molar-refractivity contribution in [3.8, 4) is 0 Å². The number of hydrogen-bond acceptors (Lipinski definition) is 5. The lowest BCUT2D eigenvalue weighted by Gasteiger charge is -2.30. The van der Waals surface area contributed by atoms with Crippen molar-refractivity contribution >= 4 is 17.3 Å². The van der Waals surface area contributed by atoms with E-state index in [2.05, 4.69) is 35.8 Å². The van der Waals surface area contributed by atoms with Crippen molar-refractivity contribution in [1.82, 2.24) is 5.32 Å². The monoisotopic (exact) mass is 431 g/mol. The van der Waals surface area contributed by atoms with Crippen LogP contribution in [0.15, 0.2) is 58.1 Å². The van der Waals surface area contributed by atoms with Crippen molar-refractivity contribution in [3.63, 3.8) is 0 Å². The lowest BCUT2D eigenvalue weighted by Crippen LogP contribution is -2.44. The van der Waals surface area contributed by atoms with Gasteiger partial charge in [0.05, 0.1) is 0 Å². The van der Waals surface area contributed by atoms with E-state index in [0.29, 0.717) is 30.0 Å². The third-order valence-electron chi connectivity index (χ3n) is 6.02. The van der Waals surface area contributed by atoms with Crippen LogP contribution in [0.3, 0.4) is 0 Å². The molecule has 0 aliphatic carbocycles. The molecule has 1 aliphatic rings. The summed E-state index contributed by atoms with van der Waals surface area (Å²) in [6.07, 6.45) is 4.05. The minimum absolute atomic E-state index is 0.105. The Hall–Kier alpha value is -3.41. The molecule has 2 N–H and O–H groups in total. The quantitative estimate of drug-likeness (QED) is 0.536. The molecular formula is C26H29N3O3. The Labute approximate surface area is 188 Å². The zero-order valence-corrected chi connectivity index (χ0v) is 18.4. The lowest BCUT2D eigenvalue weighted by atomic mass is 10.1. The molecule has 0 spiro atoms. The standard InChI is InChI=1S/C26H29N3O3/c1-18-6-5-7-19(16-18)12-13-27-26(32)21-10-8-20(9-11-21)17-28-22-23(25(31)24(22)30)29-14-3-2-4-15-29/h5-11,16,28H,2-4,12-15,17H2,1H3,(H,27,32). The van der Waals surface area contributed by atoms with Crippen molar-refractivity contribution in [3.05, 3.63) is 91.2 Å². The molecule has 32 heavy (non-hydrogen) atoms. The summed E-state index contributed by atoms with van der Waals surface area (Å²) >= 11 is 0. The van der Waals surface area contributed by atoms with E-state index in [1.165, 1.54) is 17.5 Å². The van der Waals surface area contributed by atoms with Gasteiger partial charge in [0.15, 0.2) is 0 Å². The highest BCUT2D eigenvalue weighted by molar-refractivity contribution is 5.94. The van der Waals surface area contributed by atoms with Crippen molar-refractivity contribution < 1.29 is 4.79 Å². The SMILES string of the molecule is Cc1cccc(CCNC(=O)c2ccc(CNc3c(N4CCCCC4)c(=O)c3=O)cc2)c1. The summed E-state index contributed by atoms with van der Waals surface area (Å²) in [5.41, 5.74) is 4.11. The first-order valence-corrected chi connectivity index (χ1v) is 11.3. The van der Waals surface area contributed by atoms with Crippen molar-refractivity contribution in [1.29, 1.82) is 0 Å². The summed E-state index contributed by atoms with van der Waals surface area (Å²) < 4.78 is 0. The summed E-state index contributed by atoms with van der Waals surface area (Å²) in [6.45, 7) is 4.72. The van der Waals surface area contributed by atoms with Crippen LogP contribution in [0.5, 0.6) is 0 Å². The first kappa shape index (κ1) is 21.8. The molecule has 3 aromatic rings. The lowest BCUT2D eigenvalue weighted by molar-refractivity contribution is 0.0954. The molecule has 0 unspecified atom stereocenters. The van der Waals surface area contributed by atoms with Gasteiger partial charge in [-0.2, -0.15) is 0 Å². The van der Waals surface area contributed by atoms with Crippen LogP contribution in [0, 0.1) is 6.92 Å². The van der Waals surface area contributed by atoms with Gasteiger partial charge in [-0.15, -0.1) is 0 Å². The molecule has 1 amide bonds. The number of carbonyl (C=O) groups is 1. The third kappa shape index (κ3) is 4.90. The van der Waals surface area contributed by atoms with E-state index in [4.69, 9.17) is 0 Å². The Balaban J connectivity index is 1.30. The second-order valence-electron chi connectivity index (χ2n) is 8.47. The van der Waals surface area contributed by atoms with Gasteiger partial charge in [0.1, 0.15) is 11.4 Å². The van der Waals surface area contributed by atoms with Crippen LogP contribution in [0.4, 0.5) is 11.4 Å². The normalized spacial score (nSPS) is 13.8. The Morgan fingerprint density at radius 2 is 1.69 bits per heavy atom. The van der Waals surface area contributed by atoms with Crippen LogP contribution in [0.1, 0.15) is 46.3 Å². The highest BCUT2D eigenvalue weighted by Crippen LogP contribution is 2.24. The zero-order chi connectivity index (χ0) is 22.5. The van der Waals surface area contributed by atoms with E-state index in [0.717, 1.165) is 37.9 Å². The summed E-state index contributed by atoms with van der Waals surface area (Å²) in [7, 11) is 0. The highest BCUT2D eigenvalue weighted by Gasteiger charge is 2.26. The number of piperidine rings is 1. The summed E-state index contributed by atoms with van der Waals surface area (Å²) in [5, 5.41) is 6.09. The van der Waals surface area contributed by atoms with E-state index < -0.39 is 5.43 Å². The van der Waals surface area contributed by atoms with E-state index >= 15 is 0 Å². The van der Waals surface area contributed by atoms with Gasteiger partial charge in [0, 0.05) is 31.7 Å². The minimum Gasteiger partial charge on any atom is -0.376 e. The molecule has 0 aromatic heterocycles. The average Bonchev–Trinajstić information content (AvgIpc) is 2.82. The molecule has 0 saturated carbocycles. The molecule has 166 valence electrons. The molecule has 6 heteroatoms. The predicted molar refractivity (Wildman–Crippen MR) is 128 cm³/mol. The molecule has 0 atom stereocenters. The Kier molecular flexibility index (Phi) is 6.69. The highest BCUT2D eigenvalue weighted by atomic mass is 16.2. The third-order valence-corrected chi connectivity index (χ3v) is 6.02. The minimum atomic E-state index is -0.435. The Morgan fingerprint density at radius 1 is 0.938 bits per heavy atom. The number of aryl methyl sites for hydroxylation is 1. The number of nitrogens with zero attached hydrogens (tertiary/aromatic N) is 1. The van der Waals surface area contributed by atoms with Gasteiger partial charge >= 0.3 is 0 Å². The number of hydrogen-bond donors (Lipinski definition) is 2. The number of rotatable bonds is 8. The summed E-state index contributed by atoms with van der Waals surface area (Å²) in [4.78, 5) is 38.6. The van der Waals surface area contributed by atoms with Gasteiger partial charge in [0.25, 0.3) is 16.8 Å². The number of nitrogens with one attached hydrogen (secondary N) is 2. The molecule has 1 saturated heterocycles. The number of carbonyl (C=O) groups excluding carboxylic acids is 1. The van der Waals surface area contributed by atoms with Crippen molar-refractivity contribution in [2.24, 2.45) is 0 Å². The van der Waals surface area contributed by atoms with Gasteiger partial charge in [0.2, 0.25) is 0 Å². The fourth-order valence-corrected chi connectivity index (χ4v) is 4.22. The smallest absolute Gasteiger partial charge is 0.253 e. The predicted octanol–water partition coefficient (Wildman–Crippen LogP) is 3.17. The van der Waals surface area contributed by atoms with Gasteiger partial charge in [-0.3, -0.25) is 14.4 Å². The first-order chi connectivity index (χ1) is 15.5. The molecular weight excluding hydrogens is 402 g/mol. The fraction of sp³-hybridized carbons (Fsp3) is 0.346. The van der Waals surface area contributed by atoms with Crippen LogP contribution in [0.2, 0.25) is 0 Å². The maximum atomic E-state index is 12.4. The van der Waals surface area contributed by atoms with Gasteiger partial charge < -0.3 is 15.5 Å². The number of anilines is 2.